The van der Waals surface area contributed by atoms with Gasteiger partial charge in [-0.15, -0.1) is 0 Å². The molecule has 0 fully saturated rings. The van der Waals surface area contributed by atoms with Gasteiger partial charge in [-0.1, -0.05) is 55.4 Å². The van der Waals surface area contributed by atoms with Crippen molar-refractivity contribution in [2.75, 3.05) is 26.2 Å². The lowest BCUT2D eigenvalue weighted by Crippen LogP contribution is -2.23. The topological polar surface area (TPSA) is 168 Å². The fourth-order valence-corrected chi connectivity index (χ4v) is 7.77. The van der Waals surface area contributed by atoms with Crippen LogP contribution in [0.4, 0.5) is 0 Å². The molecule has 4 aromatic rings. The molecule has 5 rings (SSSR count). The smallest absolute Gasteiger partial charge is 0.127 e. The first kappa shape index (κ1) is 38.4. The van der Waals surface area contributed by atoms with E-state index < -0.39 is 23.7 Å². The lowest BCUT2D eigenvalue weighted by atomic mass is 9.79. The number of aromatic hydroxyl groups is 8. The zero-order chi connectivity index (χ0) is 38.3. The predicted octanol–water partition coefficient (Wildman–Crippen LogP) is 7.94. The molecule has 0 radical (unpaired) electrons. The molecule has 0 heterocycles. The van der Waals surface area contributed by atoms with Crippen molar-refractivity contribution >= 4 is 0 Å². The Bertz CT molecular complexity index is 1720. The van der Waals surface area contributed by atoms with E-state index in [9.17, 15) is 40.9 Å². The molecule has 10 nitrogen and oxygen atoms in total. The van der Waals surface area contributed by atoms with E-state index >= 15 is 0 Å². The molecule has 4 aromatic carbocycles. The van der Waals surface area contributed by atoms with E-state index in [4.69, 9.17) is 0 Å². The first-order chi connectivity index (χ1) is 24.6. The van der Waals surface area contributed by atoms with Crippen molar-refractivity contribution in [3.8, 4) is 46.0 Å². The molecule has 4 atom stereocenters. The summed E-state index contributed by atoms with van der Waals surface area (Å²) < 4.78 is 0. The Morgan fingerprint density at radius 3 is 0.788 bits per heavy atom. The van der Waals surface area contributed by atoms with Gasteiger partial charge in [0.15, 0.2) is 0 Å². The molecule has 8 N–H and O–H groups in total. The highest BCUT2D eigenvalue weighted by molar-refractivity contribution is 5.64. The Morgan fingerprint density at radius 1 is 0.365 bits per heavy atom. The third-order valence-corrected chi connectivity index (χ3v) is 11.5. The second kappa shape index (κ2) is 15.0. The first-order valence-electron chi connectivity index (χ1n) is 18.3. The van der Waals surface area contributed by atoms with E-state index in [1.807, 2.05) is 55.4 Å². The van der Waals surface area contributed by atoms with Crippen LogP contribution in [-0.2, 0) is 13.1 Å². The third kappa shape index (κ3) is 6.65. The molecule has 1 aliphatic rings. The largest absolute Gasteiger partial charge is 0.508 e. The monoisotopic (exact) mass is 714 g/mol. The lowest BCUT2D eigenvalue weighted by molar-refractivity contribution is 0.284. The van der Waals surface area contributed by atoms with E-state index in [1.54, 1.807) is 24.3 Å². The second-order valence-electron chi connectivity index (χ2n) is 14.2. The van der Waals surface area contributed by atoms with E-state index in [0.29, 0.717) is 81.8 Å². The SMILES string of the molecule is CCN(CC)Cc1c(O)c2cc(c1O)C(C)c1cc(c(O)cc1O)C(C)c1cc(c(O)c(CN(CC)CC)c1O)C(C)c1cc(c(O)cc1O)C2C. The molecule has 0 aromatic heterocycles. The highest BCUT2D eigenvalue weighted by atomic mass is 16.3. The first-order valence-corrected chi connectivity index (χ1v) is 18.3. The van der Waals surface area contributed by atoms with E-state index in [1.165, 1.54) is 12.1 Å². The molecule has 0 saturated carbocycles. The quantitative estimate of drug-likeness (QED) is 0.0897. The number of phenolic OH excluding ortho intramolecular Hbond substituents is 8. The Labute approximate surface area is 306 Å². The number of nitrogens with zero attached hydrogens (tertiary/aromatic N) is 2. The molecule has 280 valence electrons. The number of rotatable bonds is 8. The van der Waals surface area contributed by atoms with Crippen molar-refractivity contribution in [1.82, 2.24) is 9.80 Å². The fourth-order valence-electron chi connectivity index (χ4n) is 7.77. The third-order valence-electron chi connectivity index (χ3n) is 11.5. The standard InChI is InChI=1S/C42H54N2O8/c1-9-43(10-2)19-33-39(49)29-15-30(40(33)50)22(6)26-14-28(38(48)18-36(26)46)24(8)32-16-31(41(51)34(42(32)52)20-44(11-3)12-4)23(7)27-13-25(21(29)5)35(45)17-37(27)47/h13-18,21-24,45-52H,9-12,19-20H2,1-8H3. The molecular weight excluding hydrogens is 660 g/mol. The van der Waals surface area contributed by atoms with Crippen LogP contribution in [0.2, 0.25) is 0 Å². The van der Waals surface area contributed by atoms with Crippen LogP contribution in [0.1, 0.15) is 135 Å². The van der Waals surface area contributed by atoms with Gasteiger partial charge >= 0.3 is 0 Å². The molecule has 52 heavy (non-hydrogen) atoms. The molecule has 0 spiro atoms. The average molecular weight is 715 g/mol. The van der Waals surface area contributed by atoms with Crippen LogP contribution in [0.3, 0.4) is 0 Å². The summed E-state index contributed by atoms with van der Waals surface area (Å²) in [4.78, 5) is 4.11. The Hall–Kier alpha value is -4.80. The van der Waals surface area contributed by atoms with Gasteiger partial charge in [-0.3, -0.25) is 9.80 Å². The van der Waals surface area contributed by atoms with Gasteiger partial charge in [0.05, 0.1) is 11.1 Å². The lowest BCUT2D eigenvalue weighted by Gasteiger charge is -2.29. The molecule has 0 amide bonds. The van der Waals surface area contributed by atoms with Gasteiger partial charge in [-0.25, -0.2) is 0 Å². The molecule has 10 heteroatoms. The van der Waals surface area contributed by atoms with Gasteiger partial charge in [-0.05, 0) is 50.4 Å². The van der Waals surface area contributed by atoms with Crippen LogP contribution in [0.5, 0.6) is 46.0 Å². The molecular formula is C42H54N2O8. The summed E-state index contributed by atoms with van der Waals surface area (Å²) in [5, 5.41) is 92.5. The zero-order valence-corrected chi connectivity index (χ0v) is 31.5. The van der Waals surface area contributed by atoms with Crippen LogP contribution >= 0.6 is 0 Å². The Morgan fingerprint density at radius 2 is 0.577 bits per heavy atom. The number of benzene rings is 4. The van der Waals surface area contributed by atoms with Crippen LogP contribution in [0, 0.1) is 0 Å². The second-order valence-corrected chi connectivity index (χ2v) is 14.2. The van der Waals surface area contributed by atoms with Gasteiger partial charge < -0.3 is 40.9 Å². The number of hydrogen-bond acceptors (Lipinski definition) is 10. The maximum absolute atomic E-state index is 11.8. The predicted molar refractivity (Wildman–Crippen MR) is 202 cm³/mol. The van der Waals surface area contributed by atoms with Crippen molar-refractivity contribution < 1.29 is 40.9 Å². The normalized spacial score (nSPS) is 18.7. The highest BCUT2D eigenvalue weighted by Crippen LogP contribution is 2.51. The van der Waals surface area contributed by atoms with Crippen molar-refractivity contribution in [2.45, 2.75) is 92.2 Å². The number of fused-ring (bicyclic) bond motifs is 8. The van der Waals surface area contributed by atoms with Crippen molar-refractivity contribution in [3.63, 3.8) is 0 Å². The Balaban J connectivity index is 1.91. The molecule has 8 bridgehead atoms. The van der Waals surface area contributed by atoms with Crippen molar-refractivity contribution in [3.05, 3.63) is 92.0 Å². The summed E-state index contributed by atoms with van der Waals surface area (Å²) in [6.07, 6.45) is 0. The van der Waals surface area contributed by atoms with Crippen molar-refractivity contribution in [2.24, 2.45) is 0 Å². The minimum absolute atomic E-state index is 0.123. The minimum atomic E-state index is -0.646. The highest BCUT2D eigenvalue weighted by Gasteiger charge is 2.32. The van der Waals surface area contributed by atoms with Gasteiger partial charge in [0.25, 0.3) is 0 Å². The van der Waals surface area contributed by atoms with E-state index in [2.05, 4.69) is 9.80 Å². The van der Waals surface area contributed by atoms with Crippen molar-refractivity contribution in [1.29, 1.82) is 0 Å². The summed E-state index contributed by atoms with van der Waals surface area (Å²) >= 11 is 0. The summed E-state index contributed by atoms with van der Waals surface area (Å²) in [6, 6.07) is 9.23. The van der Waals surface area contributed by atoms with Gasteiger partial charge in [0.2, 0.25) is 0 Å². The Kier molecular flexibility index (Phi) is 11.1. The number of phenols is 8. The van der Waals surface area contributed by atoms with Crippen LogP contribution < -0.4 is 0 Å². The maximum Gasteiger partial charge on any atom is 0.127 e. The van der Waals surface area contributed by atoms with Crippen LogP contribution in [0.15, 0.2) is 36.4 Å². The van der Waals surface area contributed by atoms with Gasteiger partial charge in [0.1, 0.15) is 46.0 Å². The van der Waals surface area contributed by atoms with E-state index in [0.717, 1.165) is 0 Å². The number of hydrogen-bond donors (Lipinski definition) is 8. The minimum Gasteiger partial charge on any atom is -0.508 e. The molecule has 1 aliphatic carbocycles. The molecule has 0 saturated heterocycles. The fraction of sp³-hybridized carbons (Fsp3) is 0.429. The van der Waals surface area contributed by atoms with E-state index in [-0.39, 0.29) is 59.1 Å². The molecule has 4 unspecified atom stereocenters. The summed E-state index contributed by atoms with van der Waals surface area (Å²) in [5.74, 6) is -3.85. The van der Waals surface area contributed by atoms with Gasteiger partial charge in [-0.2, -0.15) is 0 Å². The summed E-state index contributed by atoms with van der Waals surface area (Å²) in [6.45, 7) is 18.4. The zero-order valence-electron chi connectivity index (χ0n) is 31.5. The maximum atomic E-state index is 11.8. The average Bonchev–Trinajstić information content (AvgIpc) is 3.11. The van der Waals surface area contributed by atoms with Gasteiger partial charge in [0, 0.05) is 93.4 Å². The molecule has 0 aliphatic heterocycles. The van der Waals surface area contributed by atoms with Crippen LogP contribution in [-0.4, -0.2) is 76.8 Å². The summed E-state index contributed by atoms with van der Waals surface area (Å²) in [5.41, 5.74) is 3.95. The van der Waals surface area contributed by atoms with Crippen LogP contribution in [0.25, 0.3) is 0 Å². The summed E-state index contributed by atoms with van der Waals surface area (Å²) in [7, 11) is 0.